The van der Waals surface area contributed by atoms with Gasteiger partial charge in [0.1, 0.15) is 5.82 Å². The van der Waals surface area contributed by atoms with Gasteiger partial charge in [-0.15, -0.1) is 0 Å². The molecule has 0 saturated carbocycles. The maximum absolute atomic E-state index is 12.8. The molecule has 0 unspecified atom stereocenters. The topological polar surface area (TPSA) is 47.6 Å². The third-order valence-corrected chi connectivity index (χ3v) is 3.29. The molecule has 0 radical (unpaired) electrons. The van der Waals surface area contributed by atoms with Crippen LogP contribution in [0.4, 0.5) is 10.1 Å². The predicted molar refractivity (Wildman–Crippen MR) is 88.3 cm³/mol. The largest absolute Gasteiger partial charge is 0.493 e. The first-order valence-electron chi connectivity index (χ1n) is 7.00. The van der Waals surface area contributed by atoms with E-state index in [-0.39, 0.29) is 11.7 Å². The SMILES string of the molecule is COc1cc(C)c(NC(=O)/C=C/c2ccc(F)cc2)cc1OC. The smallest absolute Gasteiger partial charge is 0.248 e. The lowest BCUT2D eigenvalue weighted by molar-refractivity contribution is -0.111. The standard InChI is InChI=1S/C18H18FNO3/c1-12-10-16(22-2)17(23-3)11-15(12)20-18(21)9-6-13-4-7-14(19)8-5-13/h4-11H,1-3H3,(H,20,21)/b9-6+. The number of benzene rings is 2. The van der Waals surface area contributed by atoms with Crippen LogP contribution >= 0.6 is 0 Å². The van der Waals surface area contributed by atoms with Crippen LogP contribution in [0.2, 0.25) is 0 Å². The van der Waals surface area contributed by atoms with Gasteiger partial charge in [0.05, 0.1) is 14.2 Å². The molecule has 1 N–H and O–H groups in total. The number of carbonyl (C=O) groups is 1. The maximum Gasteiger partial charge on any atom is 0.248 e. The van der Waals surface area contributed by atoms with Crippen molar-refractivity contribution in [1.82, 2.24) is 0 Å². The molecule has 0 heterocycles. The van der Waals surface area contributed by atoms with Gasteiger partial charge in [-0.3, -0.25) is 4.79 Å². The number of rotatable bonds is 5. The van der Waals surface area contributed by atoms with Gasteiger partial charge in [0.15, 0.2) is 11.5 Å². The highest BCUT2D eigenvalue weighted by molar-refractivity contribution is 6.02. The van der Waals surface area contributed by atoms with E-state index in [1.165, 1.54) is 25.3 Å². The van der Waals surface area contributed by atoms with E-state index < -0.39 is 0 Å². The van der Waals surface area contributed by atoms with E-state index in [1.54, 1.807) is 37.5 Å². The van der Waals surface area contributed by atoms with Crippen molar-refractivity contribution in [2.75, 3.05) is 19.5 Å². The number of halogens is 1. The minimum Gasteiger partial charge on any atom is -0.493 e. The lowest BCUT2D eigenvalue weighted by Crippen LogP contribution is -2.09. The van der Waals surface area contributed by atoms with Crippen LogP contribution in [0, 0.1) is 12.7 Å². The summed E-state index contributed by atoms with van der Waals surface area (Å²) in [5.74, 6) is 0.540. The molecule has 0 atom stereocenters. The van der Waals surface area contributed by atoms with Crippen molar-refractivity contribution in [3.8, 4) is 11.5 Å². The quantitative estimate of drug-likeness (QED) is 0.854. The van der Waals surface area contributed by atoms with E-state index in [2.05, 4.69) is 5.32 Å². The summed E-state index contributed by atoms with van der Waals surface area (Å²) in [6, 6.07) is 9.38. The van der Waals surface area contributed by atoms with Crippen LogP contribution in [-0.4, -0.2) is 20.1 Å². The van der Waals surface area contributed by atoms with E-state index in [0.29, 0.717) is 17.2 Å². The summed E-state index contributed by atoms with van der Waals surface area (Å²) in [5.41, 5.74) is 2.23. The Morgan fingerprint density at radius 3 is 2.30 bits per heavy atom. The molecule has 2 rings (SSSR count). The summed E-state index contributed by atoms with van der Waals surface area (Å²) in [4.78, 5) is 12.0. The second-order valence-corrected chi connectivity index (χ2v) is 4.90. The number of anilines is 1. The molecule has 0 aliphatic carbocycles. The van der Waals surface area contributed by atoms with E-state index >= 15 is 0 Å². The van der Waals surface area contributed by atoms with Crippen LogP contribution in [0.25, 0.3) is 6.08 Å². The van der Waals surface area contributed by atoms with Crippen molar-refractivity contribution in [3.63, 3.8) is 0 Å². The van der Waals surface area contributed by atoms with Crippen molar-refractivity contribution in [3.05, 3.63) is 59.4 Å². The molecule has 0 bridgehead atoms. The molecule has 5 heteroatoms. The van der Waals surface area contributed by atoms with Crippen LogP contribution in [0.3, 0.4) is 0 Å². The van der Waals surface area contributed by atoms with Crippen molar-refractivity contribution in [2.45, 2.75) is 6.92 Å². The number of hydrogen-bond donors (Lipinski definition) is 1. The van der Waals surface area contributed by atoms with Gasteiger partial charge in [-0.05, 0) is 42.3 Å². The molecule has 0 aliphatic heterocycles. The van der Waals surface area contributed by atoms with Crippen molar-refractivity contribution < 1.29 is 18.7 Å². The molecule has 4 nitrogen and oxygen atoms in total. The number of hydrogen-bond acceptors (Lipinski definition) is 3. The Morgan fingerprint density at radius 1 is 1.09 bits per heavy atom. The fourth-order valence-corrected chi connectivity index (χ4v) is 2.04. The summed E-state index contributed by atoms with van der Waals surface area (Å²) in [6.07, 6.45) is 3.01. The minimum absolute atomic E-state index is 0.287. The number of aryl methyl sites for hydroxylation is 1. The third kappa shape index (κ3) is 4.32. The Hall–Kier alpha value is -2.82. The van der Waals surface area contributed by atoms with E-state index in [9.17, 15) is 9.18 Å². The lowest BCUT2D eigenvalue weighted by Gasteiger charge is -2.12. The monoisotopic (exact) mass is 315 g/mol. The van der Waals surface area contributed by atoms with Crippen molar-refractivity contribution >= 4 is 17.7 Å². The van der Waals surface area contributed by atoms with E-state index in [0.717, 1.165) is 11.1 Å². The molecule has 120 valence electrons. The van der Waals surface area contributed by atoms with Gasteiger partial charge in [-0.25, -0.2) is 4.39 Å². The average Bonchev–Trinajstić information content (AvgIpc) is 2.55. The predicted octanol–water partition coefficient (Wildman–Crippen LogP) is 3.80. The van der Waals surface area contributed by atoms with Crippen LogP contribution in [0.5, 0.6) is 11.5 Å². The van der Waals surface area contributed by atoms with Crippen LogP contribution in [0.15, 0.2) is 42.5 Å². The molecule has 0 aliphatic rings. The second kappa shape index (κ2) is 7.45. The normalized spacial score (nSPS) is 10.6. The van der Waals surface area contributed by atoms with Gasteiger partial charge < -0.3 is 14.8 Å². The number of carbonyl (C=O) groups excluding carboxylic acids is 1. The van der Waals surface area contributed by atoms with Gasteiger partial charge >= 0.3 is 0 Å². The fraction of sp³-hybridized carbons (Fsp3) is 0.167. The Balaban J connectivity index is 2.12. The van der Waals surface area contributed by atoms with Gasteiger partial charge in [0, 0.05) is 17.8 Å². The number of amides is 1. The highest BCUT2D eigenvalue weighted by Crippen LogP contribution is 2.32. The van der Waals surface area contributed by atoms with Crippen molar-refractivity contribution in [1.29, 1.82) is 0 Å². The molecule has 1 amide bonds. The van der Waals surface area contributed by atoms with Crippen molar-refractivity contribution in [2.24, 2.45) is 0 Å². The number of ether oxygens (including phenoxy) is 2. The van der Waals surface area contributed by atoms with E-state index in [4.69, 9.17) is 9.47 Å². The van der Waals surface area contributed by atoms with Gasteiger partial charge in [-0.2, -0.15) is 0 Å². The summed E-state index contributed by atoms with van der Waals surface area (Å²) in [6.45, 7) is 1.86. The second-order valence-electron chi connectivity index (χ2n) is 4.90. The molecular weight excluding hydrogens is 297 g/mol. The molecule has 23 heavy (non-hydrogen) atoms. The van der Waals surface area contributed by atoms with Gasteiger partial charge in [0.25, 0.3) is 0 Å². The van der Waals surface area contributed by atoms with Crippen LogP contribution in [-0.2, 0) is 4.79 Å². The zero-order chi connectivity index (χ0) is 16.8. The minimum atomic E-state index is -0.312. The first-order valence-corrected chi connectivity index (χ1v) is 7.00. The Morgan fingerprint density at radius 2 is 1.70 bits per heavy atom. The maximum atomic E-state index is 12.8. The lowest BCUT2D eigenvalue weighted by atomic mass is 10.1. The third-order valence-electron chi connectivity index (χ3n) is 3.29. The number of nitrogens with one attached hydrogen (secondary N) is 1. The zero-order valence-corrected chi connectivity index (χ0v) is 13.2. The molecule has 0 saturated heterocycles. The van der Waals surface area contributed by atoms with Crippen LogP contribution < -0.4 is 14.8 Å². The Labute approximate surface area is 134 Å². The fourth-order valence-electron chi connectivity index (χ4n) is 2.04. The molecule has 2 aromatic rings. The highest BCUT2D eigenvalue weighted by Gasteiger charge is 2.09. The van der Waals surface area contributed by atoms with Gasteiger partial charge in [-0.1, -0.05) is 12.1 Å². The molecule has 2 aromatic carbocycles. The first kappa shape index (κ1) is 16.5. The summed E-state index contributed by atoms with van der Waals surface area (Å²) in [7, 11) is 3.09. The summed E-state index contributed by atoms with van der Waals surface area (Å²) < 4.78 is 23.3. The molecular formula is C18H18FNO3. The highest BCUT2D eigenvalue weighted by atomic mass is 19.1. The zero-order valence-electron chi connectivity index (χ0n) is 13.2. The molecule has 0 spiro atoms. The Bertz CT molecular complexity index is 724. The van der Waals surface area contributed by atoms with Crippen LogP contribution in [0.1, 0.15) is 11.1 Å². The average molecular weight is 315 g/mol. The van der Waals surface area contributed by atoms with E-state index in [1.807, 2.05) is 6.92 Å². The summed E-state index contributed by atoms with van der Waals surface area (Å²) in [5, 5.41) is 2.78. The molecule has 0 aromatic heterocycles. The Kier molecular flexibility index (Phi) is 5.36. The first-order chi connectivity index (χ1) is 11.0. The van der Waals surface area contributed by atoms with Gasteiger partial charge in [0.2, 0.25) is 5.91 Å². The summed E-state index contributed by atoms with van der Waals surface area (Å²) >= 11 is 0. The number of methoxy groups -OCH3 is 2. The molecule has 0 fully saturated rings.